The molecule has 1 fully saturated rings. The average Bonchev–Trinajstić information content (AvgIpc) is 2.44. The molecular formula is C8H14F3NO2. The predicted octanol–water partition coefficient (Wildman–Crippen LogP) is 1.42. The van der Waals surface area contributed by atoms with Gasteiger partial charge < -0.3 is 15.2 Å². The van der Waals surface area contributed by atoms with Gasteiger partial charge in [0, 0.05) is 6.04 Å². The van der Waals surface area contributed by atoms with Crippen LogP contribution < -0.4 is 5.73 Å². The summed E-state index contributed by atoms with van der Waals surface area (Å²) in [7, 11) is 0. The van der Waals surface area contributed by atoms with E-state index < -0.39 is 12.8 Å². The molecule has 2 unspecified atom stereocenters. The van der Waals surface area contributed by atoms with Gasteiger partial charge in [-0.1, -0.05) is 0 Å². The summed E-state index contributed by atoms with van der Waals surface area (Å²) in [4.78, 5) is 0. The summed E-state index contributed by atoms with van der Waals surface area (Å²) >= 11 is 0. The smallest absolute Gasteiger partial charge is 0.352 e. The molecule has 2 N–H and O–H groups in total. The molecule has 2 atom stereocenters. The maximum absolute atomic E-state index is 11.6. The van der Waals surface area contributed by atoms with E-state index in [1.54, 1.807) is 0 Å². The van der Waals surface area contributed by atoms with Crippen LogP contribution in [0.2, 0.25) is 0 Å². The zero-order chi connectivity index (χ0) is 10.6. The Kier molecular flexibility index (Phi) is 4.15. The van der Waals surface area contributed by atoms with E-state index in [1.807, 2.05) is 0 Å². The molecule has 3 nitrogen and oxygen atoms in total. The Morgan fingerprint density at radius 3 is 2.50 bits per heavy atom. The van der Waals surface area contributed by atoms with Gasteiger partial charge in [0.2, 0.25) is 0 Å². The first kappa shape index (κ1) is 11.7. The fraction of sp³-hybridized carbons (Fsp3) is 1.00. The number of hydrogen-bond acceptors (Lipinski definition) is 3. The Balaban J connectivity index is 1.99. The van der Waals surface area contributed by atoms with E-state index in [0.29, 0.717) is 6.42 Å². The van der Waals surface area contributed by atoms with Crippen LogP contribution in [0.25, 0.3) is 0 Å². The fourth-order valence-electron chi connectivity index (χ4n) is 1.43. The van der Waals surface area contributed by atoms with Gasteiger partial charge >= 0.3 is 6.18 Å². The first-order valence-corrected chi connectivity index (χ1v) is 4.49. The van der Waals surface area contributed by atoms with E-state index in [1.165, 1.54) is 0 Å². The van der Waals surface area contributed by atoms with Crippen molar-refractivity contribution in [1.82, 2.24) is 0 Å². The van der Waals surface area contributed by atoms with E-state index in [9.17, 15) is 13.2 Å². The zero-order valence-corrected chi connectivity index (χ0v) is 7.72. The SMILES string of the molecule is NC1CCC(OCOCC(F)(F)F)C1. The zero-order valence-electron chi connectivity index (χ0n) is 7.72. The molecule has 84 valence electrons. The van der Waals surface area contributed by atoms with Gasteiger partial charge in [0.1, 0.15) is 13.4 Å². The lowest BCUT2D eigenvalue weighted by molar-refractivity contribution is -0.202. The van der Waals surface area contributed by atoms with Crippen LogP contribution in [0.5, 0.6) is 0 Å². The van der Waals surface area contributed by atoms with Crippen LogP contribution in [-0.2, 0) is 9.47 Å². The van der Waals surface area contributed by atoms with Gasteiger partial charge in [-0.05, 0) is 19.3 Å². The first-order valence-electron chi connectivity index (χ1n) is 4.49. The van der Waals surface area contributed by atoms with Gasteiger partial charge in [0.25, 0.3) is 0 Å². The van der Waals surface area contributed by atoms with Crippen LogP contribution in [0.15, 0.2) is 0 Å². The average molecular weight is 213 g/mol. The number of rotatable bonds is 4. The lowest BCUT2D eigenvalue weighted by Crippen LogP contribution is -2.21. The summed E-state index contributed by atoms with van der Waals surface area (Å²) in [6, 6.07) is 0.114. The van der Waals surface area contributed by atoms with Gasteiger partial charge in [-0.3, -0.25) is 0 Å². The van der Waals surface area contributed by atoms with Gasteiger partial charge in [-0.2, -0.15) is 13.2 Å². The predicted molar refractivity (Wildman–Crippen MR) is 43.6 cm³/mol. The minimum absolute atomic E-state index is 0.0433. The quantitative estimate of drug-likeness (QED) is 0.567. The van der Waals surface area contributed by atoms with Crippen LogP contribution in [0.1, 0.15) is 19.3 Å². The molecule has 0 saturated heterocycles. The molecule has 0 aromatic rings. The molecule has 1 rings (SSSR count). The van der Waals surface area contributed by atoms with Crippen molar-refractivity contribution in [3.63, 3.8) is 0 Å². The molecule has 0 aromatic heterocycles. The summed E-state index contributed by atoms with van der Waals surface area (Å²) in [5.41, 5.74) is 5.60. The molecule has 0 heterocycles. The minimum Gasteiger partial charge on any atom is -0.352 e. The van der Waals surface area contributed by atoms with Crippen molar-refractivity contribution in [1.29, 1.82) is 0 Å². The van der Waals surface area contributed by atoms with E-state index in [2.05, 4.69) is 4.74 Å². The molecule has 14 heavy (non-hydrogen) atoms. The van der Waals surface area contributed by atoms with Crippen molar-refractivity contribution in [3.8, 4) is 0 Å². The van der Waals surface area contributed by atoms with E-state index in [4.69, 9.17) is 10.5 Å². The molecule has 0 radical (unpaired) electrons. The molecule has 1 aliphatic rings. The molecule has 0 aromatic carbocycles. The highest BCUT2D eigenvalue weighted by Gasteiger charge is 2.28. The number of alkyl halides is 3. The molecule has 1 saturated carbocycles. The highest BCUT2D eigenvalue weighted by Crippen LogP contribution is 2.20. The number of hydrogen-bond donors (Lipinski definition) is 1. The van der Waals surface area contributed by atoms with Gasteiger partial charge in [0.05, 0.1) is 6.10 Å². The topological polar surface area (TPSA) is 44.5 Å². The Morgan fingerprint density at radius 1 is 1.29 bits per heavy atom. The minimum atomic E-state index is -4.28. The van der Waals surface area contributed by atoms with Crippen LogP contribution in [0.3, 0.4) is 0 Å². The Morgan fingerprint density at radius 2 is 2.00 bits per heavy atom. The third-order valence-electron chi connectivity index (χ3n) is 2.08. The third kappa shape index (κ3) is 4.78. The number of halogens is 3. The standard InChI is InChI=1S/C8H14F3NO2/c9-8(10,11)4-13-5-14-7-2-1-6(12)3-7/h6-7H,1-5,12H2. The van der Waals surface area contributed by atoms with Crippen LogP contribution in [0.4, 0.5) is 13.2 Å². The number of ether oxygens (including phenoxy) is 2. The highest BCUT2D eigenvalue weighted by atomic mass is 19.4. The van der Waals surface area contributed by atoms with Crippen LogP contribution in [-0.4, -0.2) is 31.7 Å². The third-order valence-corrected chi connectivity index (χ3v) is 2.08. The lowest BCUT2D eigenvalue weighted by Gasteiger charge is -2.12. The van der Waals surface area contributed by atoms with Crippen molar-refractivity contribution < 1.29 is 22.6 Å². The lowest BCUT2D eigenvalue weighted by atomic mass is 10.3. The second kappa shape index (κ2) is 4.95. The Bertz CT molecular complexity index is 174. The second-order valence-corrected chi connectivity index (χ2v) is 3.44. The van der Waals surface area contributed by atoms with Crippen molar-refractivity contribution in [2.45, 2.75) is 37.6 Å². The normalized spacial score (nSPS) is 28.3. The van der Waals surface area contributed by atoms with Gasteiger partial charge in [0.15, 0.2) is 0 Å². The Hall–Kier alpha value is -0.330. The molecule has 0 aliphatic heterocycles. The van der Waals surface area contributed by atoms with E-state index >= 15 is 0 Å². The molecular weight excluding hydrogens is 199 g/mol. The molecule has 0 spiro atoms. The summed E-state index contributed by atoms with van der Waals surface area (Å²) in [6.45, 7) is -1.57. The van der Waals surface area contributed by atoms with Gasteiger partial charge in [-0.25, -0.2) is 0 Å². The van der Waals surface area contributed by atoms with Crippen LogP contribution >= 0.6 is 0 Å². The van der Waals surface area contributed by atoms with Crippen molar-refractivity contribution in [2.24, 2.45) is 5.73 Å². The highest BCUT2D eigenvalue weighted by molar-refractivity contribution is 4.77. The molecule has 1 aliphatic carbocycles. The van der Waals surface area contributed by atoms with Crippen molar-refractivity contribution in [2.75, 3.05) is 13.4 Å². The summed E-state index contributed by atoms with van der Waals surface area (Å²) in [5.74, 6) is 0. The maximum atomic E-state index is 11.6. The van der Waals surface area contributed by atoms with E-state index in [0.717, 1.165) is 12.8 Å². The maximum Gasteiger partial charge on any atom is 0.411 e. The van der Waals surface area contributed by atoms with Crippen LogP contribution in [0, 0.1) is 0 Å². The molecule has 0 amide bonds. The summed E-state index contributed by atoms with van der Waals surface area (Å²) < 4.78 is 44.2. The van der Waals surface area contributed by atoms with Crippen molar-refractivity contribution >= 4 is 0 Å². The molecule has 6 heteroatoms. The fourth-order valence-corrected chi connectivity index (χ4v) is 1.43. The summed E-state index contributed by atoms with van der Waals surface area (Å²) in [6.07, 6.45) is -1.95. The first-order chi connectivity index (χ1) is 6.47. The second-order valence-electron chi connectivity index (χ2n) is 3.44. The monoisotopic (exact) mass is 213 g/mol. The van der Waals surface area contributed by atoms with Crippen molar-refractivity contribution in [3.05, 3.63) is 0 Å². The molecule has 0 bridgehead atoms. The summed E-state index contributed by atoms with van der Waals surface area (Å²) in [5, 5.41) is 0. The van der Waals surface area contributed by atoms with Gasteiger partial charge in [-0.15, -0.1) is 0 Å². The number of nitrogens with two attached hydrogens (primary N) is 1. The Labute approximate surface area is 80.4 Å². The largest absolute Gasteiger partial charge is 0.411 e. The van der Waals surface area contributed by atoms with E-state index in [-0.39, 0.29) is 18.9 Å².